The van der Waals surface area contributed by atoms with Gasteiger partial charge in [-0.3, -0.25) is 0 Å². The van der Waals surface area contributed by atoms with E-state index in [2.05, 4.69) is 37.9 Å². The lowest BCUT2D eigenvalue weighted by Gasteiger charge is -2.12. The van der Waals surface area contributed by atoms with Crippen molar-refractivity contribution in [3.05, 3.63) is 73.4 Å². The number of hydrogen-bond acceptors (Lipinski definition) is 6. The van der Waals surface area contributed by atoms with Crippen LogP contribution in [-0.4, -0.2) is 39.6 Å². The van der Waals surface area contributed by atoms with Gasteiger partial charge in [-0.05, 0) is 16.7 Å². The van der Waals surface area contributed by atoms with Crippen LogP contribution in [0.1, 0.15) is 16.7 Å². The summed E-state index contributed by atoms with van der Waals surface area (Å²) in [4.78, 5) is 0. The molecule has 0 bridgehead atoms. The normalized spacial score (nSPS) is 10.2. The number of hydrogen-bond donors (Lipinski definition) is 0. The van der Waals surface area contributed by atoms with Crippen molar-refractivity contribution in [1.29, 1.82) is 0 Å². The zero-order valence-corrected chi connectivity index (χ0v) is 15.9. The lowest BCUT2D eigenvalue weighted by molar-refractivity contribution is 0.0697. The minimum atomic E-state index is 0.481. The predicted molar refractivity (Wildman–Crippen MR) is 104 cm³/mol. The van der Waals surface area contributed by atoms with Crippen LogP contribution in [0.25, 0.3) is 0 Å². The highest BCUT2D eigenvalue weighted by Crippen LogP contribution is 2.14. The molecule has 0 aliphatic rings. The van der Waals surface area contributed by atoms with Crippen molar-refractivity contribution < 1.29 is 28.4 Å². The topological polar surface area (TPSA) is 55.4 Å². The molecule has 1 aromatic rings. The zero-order valence-electron chi connectivity index (χ0n) is 15.9. The average Bonchev–Trinajstić information content (AvgIpc) is 2.67. The van der Waals surface area contributed by atoms with Crippen LogP contribution in [0.4, 0.5) is 0 Å². The Kier molecular flexibility index (Phi) is 13.4. The lowest BCUT2D eigenvalue weighted by atomic mass is 10.1. The highest BCUT2D eigenvalue weighted by atomic mass is 16.5. The van der Waals surface area contributed by atoms with Gasteiger partial charge in [0.25, 0.3) is 0 Å². The minimum absolute atomic E-state index is 0.481. The molecule has 0 aliphatic heterocycles. The molecule has 27 heavy (non-hydrogen) atoms. The molecule has 0 heterocycles. The van der Waals surface area contributed by atoms with Gasteiger partial charge in [0.15, 0.2) is 0 Å². The second-order valence-corrected chi connectivity index (χ2v) is 5.43. The van der Waals surface area contributed by atoms with E-state index in [9.17, 15) is 0 Å². The van der Waals surface area contributed by atoms with E-state index >= 15 is 0 Å². The molecule has 0 saturated heterocycles. The van der Waals surface area contributed by atoms with Gasteiger partial charge in [0.05, 0.1) is 58.4 Å². The van der Waals surface area contributed by atoms with E-state index in [1.807, 2.05) is 0 Å². The van der Waals surface area contributed by atoms with Gasteiger partial charge in [-0.1, -0.05) is 37.9 Å². The Morgan fingerprint density at radius 1 is 0.519 bits per heavy atom. The van der Waals surface area contributed by atoms with E-state index < -0.39 is 0 Å². The summed E-state index contributed by atoms with van der Waals surface area (Å²) in [6, 6.07) is 6.19. The molecule has 6 heteroatoms. The van der Waals surface area contributed by atoms with Crippen LogP contribution < -0.4 is 0 Å². The van der Waals surface area contributed by atoms with Crippen LogP contribution in [0.2, 0.25) is 0 Å². The first-order valence-electron chi connectivity index (χ1n) is 8.82. The molecular formula is C21H30O6. The van der Waals surface area contributed by atoms with Crippen molar-refractivity contribution in [2.45, 2.75) is 19.8 Å². The van der Waals surface area contributed by atoms with Crippen LogP contribution in [0.15, 0.2) is 56.7 Å². The summed E-state index contributed by atoms with van der Waals surface area (Å²) in [5, 5.41) is 0. The Bertz CT molecular complexity index is 455. The molecule has 0 saturated carbocycles. The van der Waals surface area contributed by atoms with Gasteiger partial charge in [0.2, 0.25) is 0 Å². The third kappa shape index (κ3) is 11.9. The summed E-state index contributed by atoms with van der Waals surface area (Å²) < 4.78 is 32.0. The highest BCUT2D eigenvalue weighted by molar-refractivity contribution is 5.29. The maximum Gasteiger partial charge on any atom is 0.111 e. The van der Waals surface area contributed by atoms with Crippen molar-refractivity contribution >= 4 is 0 Å². The van der Waals surface area contributed by atoms with Crippen molar-refractivity contribution in [3.63, 3.8) is 0 Å². The summed E-state index contributed by atoms with van der Waals surface area (Å²) in [5.41, 5.74) is 3.16. The monoisotopic (exact) mass is 378 g/mol. The average molecular weight is 378 g/mol. The van der Waals surface area contributed by atoms with Gasteiger partial charge in [-0.2, -0.15) is 0 Å². The summed E-state index contributed by atoms with van der Waals surface area (Å²) in [7, 11) is 0. The molecule has 0 amide bonds. The largest absolute Gasteiger partial charge is 0.499 e. The first kappa shape index (κ1) is 22.8. The Morgan fingerprint density at radius 2 is 0.815 bits per heavy atom. The number of rotatable bonds is 18. The molecule has 0 atom stereocenters. The molecule has 0 aromatic heterocycles. The van der Waals surface area contributed by atoms with Crippen LogP contribution in [0.3, 0.4) is 0 Å². The Hall–Kier alpha value is -2.28. The maximum absolute atomic E-state index is 5.63. The Morgan fingerprint density at radius 3 is 1.07 bits per heavy atom. The van der Waals surface area contributed by atoms with E-state index in [1.54, 1.807) is 0 Å². The van der Waals surface area contributed by atoms with Gasteiger partial charge in [-0.25, -0.2) is 0 Å². The fourth-order valence-electron chi connectivity index (χ4n) is 2.23. The van der Waals surface area contributed by atoms with Crippen LogP contribution in [-0.2, 0) is 48.2 Å². The van der Waals surface area contributed by atoms with Crippen molar-refractivity contribution in [2.24, 2.45) is 0 Å². The molecule has 0 spiro atoms. The molecule has 0 fully saturated rings. The Labute approximate surface area is 162 Å². The fourth-order valence-corrected chi connectivity index (χ4v) is 2.23. The maximum atomic E-state index is 5.63. The van der Waals surface area contributed by atoms with E-state index in [0.29, 0.717) is 59.5 Å². The highest BCUT2D eigenvalue weighted by Gasteiger charge is 2.04. The molecule has 0 radical (unpaired) electrons. The quantitative estimate of drug-likeness (QED) is 0.287. The third-order valence-electron chi connectivity index (χ3n) is 3.31. The third-order valence-corrected chi connectivity index (χ3v) is 3.31. The second kappa shape index (κ2) is 15.9. The van der Waals surface area contributed by atoms with Gasteiger partial charge in [0.1, 0.15) is 19.8 Å². The van der Waals surface area contributed by atoms with Gasteiger partial charge in [-0.15, -0.1) is 0 Å². The standard InChI is InChI=1S/C21H30O6/c1-4-22-7-10-25-16-19-13-20(17-26-11-8-23-5-2)15-21(14-19)18-27-12-9-24-6-3/h4-6,13-15H,1-3,7-12,16-18H2. The van der Waals surface area contributed by atoms with E-state index in [0.717, 1.165) is 16.7 Å². The van der Waals surface area contributed by atoms with Gasteiger partial charge in [0, 0.05) is 0 Å². The molecule has 0 unspecified atom stereocenters. The lowest BCUT2D eigenvalue weighted by Crippen LogP contribution is -2.06. The molecule has 0 aliphatic carbocycles. The van der Waals surface area contributed by atoms with Crippen LogP contribution in [0.5, 0.6) is 0 Å². The minimum Gasteiger partial charge on any atom is -0.499 e. The summed E-state index contributed by atoms with van der Waals surface area (Å²) in [6.07, 6.45) is 4.22. The number of benzene rings is 1. The zero-order chi connectivity index (χ0) is 19.6. The van der Waals surface area contributed by atoms with Crippen molar-refractivity contribution in [2.75, 3.05) is 39.6 Å². The van der Waals surface area contributed by atoms with E-state index in [4.69, 9.17) is 28.4 Å². The van der Waals surface area contributed by atoms with Crippen LogP contribution in [0, 0.1) is 0 Å². The molecule has 1 aromatic carbocycles. The molecular weight excluding hydrogens is 348 g/mol. The fraction of sp³-hybridized carbons (Fsp3) is 0.429. The van der Waals surface area contributed by atoms with Crippen molar-refractivity contribution in [1.82, 2.24) is 0 Å². The molecule has 1 rings (SSSR count). The first-order chi connectivity index (χ1) is 13.3. The summed E-state index contributed by atoms with van der Waals surface area (Å²) >= 11 is 0. The smallest absolute Gasteiger partial charge is 0.111 e. The van der Waals surface area contributed by atoms with Crippen molar-refractivity contribution in [3.8, 4) is 0 Å². The Balaban J connectivity index is 2.55. The second-order valence-electron chi connectivity index (χ2n) is 5.43. The van der Waals surface area contributed by atoms with Gasteiger partial charge < -0.3 is 28.4 Å². The molecule has 6 nitrogen and oxygen atoms in total. The van der Waals surface area contributed by atoms with Gasteiger partial charge >= 0.3 is 0 Å². The van der Waals surface area contributed by atoms with E-state index in [-0.39, 0.29) is 0 Å². The number of ether oxygens (including phenoxy) is 6. The van der Waals surface area contributed by atoms with Crippen LogP contribution >= 0.6 is 0 Å². The predicted octanol–water partition coefficient (Wildman–Crippen LogP) is 3.72. The first-order valence-corrected chi connectivity index (χ1v) is 8.82. The molecule has 150 valence electrons. The van der Waals surface area contributed by atoms with E-state index in [1.165, 1.54) is 18.8 Å². The summed E-state index contributed by atoms with van der Waals surface area (Å²) in [5.74, 6) is 0. The molecule has 0 N–H and O–H groups in total. The SMILES string of the molecule is C=COCCOCc1cc(COCCOC=C)cc(COCCOC=C)c1. The summed E-state index contributed by atoms with van der Waals surface area (Å²) in [6.45, 7) is 14.9.